The molecule has 2 fully saturated rings. The molecular weight excluding hydrogens is 641 g/mol. The summed E-state index contributed by atoms with van der Waals surface area (Å²) < 4.78 is 11.9. The number of benzene rings is 4. The third-order valence-electron chi connectivity index (χ3n) is 11.8. The van der Waals surface area contributed by atoms with Gasteiger partial charge in [0.05, 0.1) is 0 Å². The van der Waals surface area contributed by atoms with Gasteiger partial charge in [0.15, 0.2) is 0 Å². The van der Waals surface area contributed by atoms with Crippen molar-refractivity contribution in [3.63, 3.8) is 0 Å². The Bertz CT molecular complexity index is 1830. The number of carbonyl (C=O) groups excluding carboxylic acids is 2. The van der Waals surface area contributed by atoms with Crippen LogP contribution in [0.5, 0.6) is 11.5 Å². The molecule has 52 heavy (non-hydrogen) atoms. The molecule has 4 nitrogen and oxygen atoms in total. The zero-order valence-electron chi connectivity index (χ0n) is 31.3. The molecule has 2 saturated carbocycles. The summed E-state index contributed by atoms with van der Waals surface area (Å²) in [5.41, 5.74) is 6.79. The third-order valence-corrected chi connectivity index (χ3v) is 11.8. The molecule has 4 heteroatoms. The molecule has 4 aromatic rings. The van der Waals surface area contributed by atoms with E-state index in [4.69, 9.17) is 9.47 Å². The van der Waals surface area contributed by atoms with Gasteiger partial charge in [-0.1, -0.05) is 120 Å². The van der Waals surface area contributed by atoms with E-state index >= 15 is 0 Å². The average Bonchev–Trinajstić information content (AvgIpc) is 3.20. The minimum absolute atomic E-state index is 0.197. The number of hydrogen-bond acceptors (Lipinski definition) is 4. The molecule has 2 aliphatic rings. The van der Waals surface area contributed by atoms with Gasteiger partial charge in [0.1, 0.15) is 11.5 Å². The van der Waals surface area contributed by atoms with Gasteiger partial charge in [-0.3, -0.25) is 0 Å². The second kappa shape index (κ2) is 17.9. The van der Waals surface area contributed by atoms with Crippen molar-refractivity contribution < 1.29 is 19.1 Å². The van der Waals surface area contributed by atoms with Crippen molar-refractivity contribution in [2.45, 2.75) is 116 Å². The maximum atomic E-state index is 12.7. The summed E-state index contributed by atoms with van der Waals surface area (Å²) in [5, 5.41) is 1.45. The van der Waals surface area contributed by atoms with Gasteiger partial charge in [0.25, 0.3) is 0 Å². The molecule has 2 aliphatic carbocycles. The topological polar surface area (TPSA) is 52.6 Å². The first-order chi connectivity index (χ1) is 25.4. The van der Waals surface area contributed by atoms with E-state index in [2.05, 4.69) is 81.6 Å². The summed E-state index contributed by atoms with van der Waals surface area (Å²) in [7, 11) is 0. The van der Waals surface area contributed by atoms with Gasteiger partial charge in [0, 0.05) is 28.5 Å². The molecule has 0 atom stereocenters. The van der Waals surface area contributed by atoms with Crippen molar-refractivity contribution >= 4 is 22.7 Å². The van der Waals surface area contributed by atoms with Gasteiger partial charge < -0.3 is 9.47 Å². The lowest BCUT2D eigenvalue weighted by molar-refractivity contribution is -0.130. The van der Waals surface area contributed by atoms with Crippen LogP contribution < -0.4 is 9.47 Å². The summed E-state index contributed by atoms with van der Waals surface area (Å²) in [6.45, 7) is 11.8. The van der Waals surface area contributed by atoms with Crippen LogP contribution in [-0.4, -0.2) is 11.9 Å². The van der Waals surface area contributed by atoms with Crippen LogP contribution in [0.4, 0.5) is 0 Å². The Morgan fingerprint density at radius 3 is 1.62 bits per heavy atom. The molecule has 0 saturated heterocycles. The van der Waals surface area contributed by atoms with Gasteiger partial charge in [-0.2, -0.15) is 0 Å². The summed E-state index contributed by atoms with van der Waals surface area (Å²) >= 11 is 0. The Morgan fingerprint density at radius 1 is 0.596 bits per heavy atom. The van der Waals surface area contributed by atoms with Crippen molar-refractivity contribution in [1.82, 2.24) is 0 Å². The van der Waals surface area contributed by atoms with E-state index in [-0.39, 0.29) is 5.92 Å². The van der Waals surface area contributed by atoms with Crippen molar-refractivity contribution in [2.24, 2.45) is 11.8 Å². The molecule has 0 aromatic heterocycles. The van der Waals surface area contributed by atoms with Crippen molar-refractivity contribution in [1.29, 1.82) is 0 Å². The fourth-order valence-corrected chi connectivity index (χ4v) is 8.69. The van der Waals surface area contributed by atoms with Gasteiger partial charge in [-0.15, -0.1) is 0 Å². The average molecular weight is 697 g/mol. The normalized spacial score (nSPS) is 20.3. The fraction of sp³-hybridized carbons (Fsp3) is 0.417. The molecule has 0 amide bonds. The molecule has 0 bridgehead atoms. The van der Waals surface area contributed by atoms with Gasteiger partial charge in [0.2, 0.25) is 0 Å². The van der Waals surface area contributed by atoms with Crippen LogP contribution in [-0.2, 0) is 9.59 Å². The number of fused-ring (bicyclic) bond motifs is 1. The zero-order valence-corrected chi connectivity index (χ0v) is 31.3. The van der Waals surface area contributed by atoms with E-state index in [1.165, 1.54) is 93.1 Å². The third kappa shape index (κ3) is 8.95. The van der Waals surface area contributed by atoms with E-state index in [1.54, 1.807) is 0 Å². The smallest absolute Gasteiger partial charge is 0.335 e. The maximum Gasteiger partial charge on any atom is 0.335 e. The number of esters is 2. The van der Waals surface area contributed by atoms with E-state index in [9.17, 15) is 9.59 Å². The Kier molecular flexibility index (Phi) is 12.8. The molecule has 0 spiro atoms. The number of unbranched alkanes of at least 4 members (excludes halogenated alkanes) is 2. The van der Waals surface area contributed by atoms with Crippen LogP contribution in [0, 0.1) is 11.8 Å². The molecule has 272 valence electrons. The Hall–Kier alpha value is -4.44. The largest absolute Gasteiger partial charge is 0.423 e. The van der Waals surface area contributed by atoms with Crippen molar-refractivity contribution in [2.75, 3.05) is 0 Å². The lowest BCUT2D eigenvalue weighted by atomic mass is 9.76. The molecule has 0 heterocycles. The van der Waals surface area contributed by atoms with Crippen LogP contribution in [0.25, 0.3) is 33.0 Å². The number of ether oxygens (including phenoxy) is 2. The molecule has 0 aliphatic heterocycles. The van der Waals surface area contributed by atoms with Crippen LogP contribution in [0.1, 0.15) is 127 Å². The van der Waals surface area contributed by atoms with Crippen LogP contribution in [0.3, 0.4) is 0 Å². The molecule has 0 unspecified atom stereocenters. The molecule has 0 N–H and O–H groups in total. The highest BCUT2D eigenvalue weighted by Gasteiger charge is 2.28. The minimum atomic E-state index is -0.521. The van der Waals surface area contributed by atoms with Crippen LogP contribution in [0.15, 0.2) is 98.1 Å². The highest BCUT2D eigenvalue weighted by molar-refractivity contribution is 6.01. The predicted molar refractivity (Wildman–Crippen MR) is 215 cm³/mol. The zero-order chi connectivity index (χ0) is 36.5. The number of rotatable bonds is 14. The van der Waals surface area contributed by atoms with Crippen molar-refractivity contribution in [3.8, 4) is 33.8 Å². The summed E-state index contributed by atoms with van der Waals surface area (Å²) in [6, 6.07) is 25.8. The Morgan fingerprint density at radius 2 is 1.08 bits per heavy atom. The maximum absolute atomic E-state index is 12.7. The van der Waals surface area contributed by atoms with Crippen molar-refractivity contribution in [3.05, 3.63) is 109 Å². The predicted octanol–water partition coefficient (Wildman–Crippen LogP) is 13.3. The molecule has 0 radical (unpaired) electrons. The van der Waals surface area contributed by atoms with E-state index in [0.29, 0.717) is 22.8 Å². The monoisotopic (exact) mass is 696 g/mol. The lowest BCUT2D eigenvalue weighted by Gasteiger charge is -2.30. The molecular formula is C48H56O4. The summed E-state index contributed by atoms with van der Waals surface area (Å²) in [5.74, 6) is 2.49. The SMILES string of the molecule is C=CC(=O)Oc1cc(C2CCC(CCCC)CC2)c(OC(=O)C=C)c2ccc(-c3ccc(-c4ccc(C5CCC(CCCC)CC5)cc4)cc3)cc12. The number of carbonyl (C=O) groups is 2. The number of hydrogen-bond donors (Lipinski definition) is 0. The summed E-state index contributed by atoms with van der Waals surface area (Å²) in [6.07, 6.45) is 19.8. The second-order valence-electron chi connectivity index (χ2n) is 15.2. The highest BCUT2D eigenvalue weighted by Crippen LogP contribution is 2.47. The Balaban J connectivity index is 1.26. The van der Waals surface area contributed by atoms with Gasteiger partial charge in [-0.05, 0) is 121 Å². The van der Waals surface area contributed by atoms with E-state index < -0.39 is 11.9 Å². The lowest BCUT2D eigenvalue weighted by Crippen LogP contribution is -2.16. The van der Waals surface area contributed by atoms with Gasteiger partial charge >= 0.3 is 11.9 Å². The van der Waals surface area contributed by atoms with E-state index in [0.717, 1.165) is 59.6 Å². The first-order valence-corrected chi connectivity index (χ1v) is 19.9. The second-order valence-corrected chi connectivity index (χ2v) is 15.2. The highest BCUT2D eigenvalue weighted by atomic mass is 16.5. The van der Waals surface area contributed by atoms with Crippen LogP contribution in [0.2, 0.25) is 0 Å². The van der Waals surface area contributed by atoms with Crippen LogP contribution >= 0.6 is 0 Å². The first kappa shape index (κ1) is 37.3. The standard InChI is InChI=1S/C48H56O4/c1-5-9-11-33-13-17-35(18-14-33)36-21-23-37(24-22-36)38-25-27-39(28-26-38)41-29-30-42-44(31-41)45(51-46(49)7-3)32-43(48(42)52-47(50)8-4)40-19-15-34(16-20-40)12-10-6-2/h7-8,21-35,40H,3-6,9-20H2,1-2H3. The first-order valence-electron chi connectivity index (χ1n) is 19.9. The molecule has 4 aromatic carbocycles. The quantitative estimate of drug-likeness (QED) is 0.0748. The molecule has 6 rings (SSSR count). The Labute approximate surface area is 311 Å². The van der Waals surface area contributed by atoms with E-state index in [1.807, 2.05) is 18.2 Å². The van der Waals surface area contributed by atoms with Gasteiger partial charge in [-0.25, -0.2) is 9.59 Å². The minimum Gasteiger partial charge on any atom is -0.423 e. The summed E-state index contributed by atoms with van der Waals surface area (Å²) in [4.78, 5) is 25.3. The fourth-order valence-electron chi connectivity index (χ4n) is 8.69.